The molecular formula is C21H26N6. The van der Waals surface area contributed by atoms with Crippen molar-refractivity contribution in [3.8, 4) is 11.4 Å². The van der Waals surface area contributed by atoms with Gasteiger partial charge in [0.2, 0.25) is 11.9 Å². The second-order valence-corrected chi connectivity index (χ2v) is 6.97. The molecule has 1 heterocycles. The quantitative estimate of drug-likeness (QED) is 0.527. The van der Waals surface area contributed by atoms with Gasteiger partial charge in [0.25, 0.3) is 0 Å². The first-order valence-electron chi connectivity index (χ1n) is 9.25. The Kier molecular flexibility index (Phi) is 5.96. The first kappa shape index (κ1) is 18.8. The minimum absolute atomic E-state index is 0.225. The number of rotatable bonds is 8. The van der Waals surface area contributed by atoms with Crippen molar-refractivity contribution in [1.82, 2.24) is 15.0 Å². The van der Waals surface area contributed by atoms with Gasteiger partial charge in [-0.2, -0.15) is 15.0 Å². The van der Waals surface area contributed by atoms with E-state index in [0.717, 1.165) is 17.0 Å². The second-order valence-electron chi connectivity index (χ2n) is 6.97. The van der Waals surface area contributed by atoms with E-state index < -0.39 is 0 Å². The summed E-state index contributed by atoms with van der Waals surface area (Å²) in [5.41, 5.74) is 2.92. The summed E-state index contributed by atoms with van der Waals surface area (Å²) >= 11 is 0. The van der Waals surface area contributed by atoms with Crippen LogP contribution in [0.3, 0.4) is 0 Å². The molecule has 0 unspecified atom stereocenters. The van der Waals surface area contributed by atoms with Crippen LogP contribution in [0, 0.1) is 5.92 Å². The highest BCUT2D eigenvalue weighted by Crippen LogP contribution is 2.36. The second kappa shape index (κ2) is 8.58. The summed E-state index contributed by atoms with van der Waals surface area (Å²) in [6.07, 6.45) is 6.40. The lowest BCUT2D eigenvalue weighted by molar-refractivity contribution is 0.869. The van der Waals surface area contributed by atoms with E-state index in [1.807, 2.05) is 49.4 Å². The van der Waals surface area contributed by atoms with Crippen LogP contribution in [-0.4, -0.2) is 27.7 Å². The Bertz CT molecular complexity index is 850. The number of aromatic nitrogens is 3. The Morgan fingerprint density at radius 1 is 1.11 bits per heavy atom. The molecule has 3 rings (SSSR count). The van der Waals surface area contributed by atoms with Crippen LogP contribution < -0.4 is 10.6 Å². The third-order valence-corrected chi connectivity index (χ3v) is 4.08. The summed E-state index contributed by atoms with van der Waals surface area (Å²) in [5, 5.41) is 6.51. The Morgan fingerprint density at radius 2 is 1.81 bits per heavy atom. The lowest BCUT2D eigenvalue weighted by Crippen LogP contribution is -2.15. The van der Waals surface area contributed by atoms with Crippen LogP contribution in [0.4, 0.5) is 11.9 Å². The van der Waals surface area contributed by atoms with E-state index in [-0.39, 0.29) is 6.04 Å². The summed E-state index contributed by atoms with van der Waals surface area (Å²) < 4.78 is 0. The first-order chi connectivity index (χ1) is 13.0. The number of nitrogens with zero attached hydrogens (tertiary/aromatic N) is 4. The SMILES string of the molecule is C=N/C(=C\C=C(/C)Nc1nc(NC(C)C)nc(-c2ccccc2)n1)C1CC1. The van der Waals surface area contributed by atoms with Gasteiger partial charge in [0.05, 0.1) is 0 Å². The fourth-order valence-corrected chi connectivity index (χ4v) is 2.60. The van der Waals surface area contributed by atoms with Gasteiger partial charge in [0.1, 0.15) is 0 Å². The molecule has 2 N–H and O–H groups in total. The molecule has 6 nitrogen and oxygen atoms in total. The first-order valence-corrected chi connectivity index (χ1v) is 9.25. The van der Waals surface area contributed by atoms with E-state index in [1.165, 1.54) is 12.8 Å². The van der Waals surface area contributed by atoms with E-state index in [1.54, 1.807) is 0 Å². The predicted molar refractivity (Wildman–Crippen MR) is 112 cm³/mol. The molecule has 140 valence electrons. The Hall–Kier alpha value is -3.02. The van der Waals surface area contributed by atoms with Crippen LogP contribution in [0.25, 0.3) is 11.4 Å². The summed E-state index contributed by atoms with van der Waals surface area (Å²) in [7, 11) is 0. The number of hydrogen-bond donors (Lipinski definition) is 2. The van der Waals surface area contributed by atoms with Crippen LogP contribution >= 0.6 is 0 Å². The number of aliphatic imine (C=N–C) groups is 1. The summed E-state index contributed by atoms with van der Waals surface area (Å²) in [5.74, 6) is 2.26. The fourth-order valence-electron chi connectivity index (χ4n) is 2.60. The average molecular weight is 362 g/mol. The molecule has 27 heavy (non-hydrogen) atoms. The summed E-state index contributed by atoms with van der Waals surface area (Å²) in [6.45, 7) is 9.74. The van der Waals surface area contributed by atoms with Gasteiger partial charge >= 0.3 is 0 Å². The third kappa shape index (κ3) is 5.48. The Balaban J connectivity index is 1.86. The van der Waals surface area contributed by atoms with Crippen LogP contribution in [0.5, 0.6) is 0 Å². The topological polar surface area (TPSA) is 75.1 Å². The highest BCUT2D eigenvalue weighted by Gasteiger charge is 2.24. The smallest absolute Gasteiger partial charge is 0.232 e. The lowest BCUT2D eigenvalue weighted by atomic mass is 10.2. The molecule has 1 saturated carbocycles. The van der Waals surface area contributed by atoms with E-state index in [4.69, 9.17) is 0 Å². The minimum atomic E-state index is 0.225. The molecular weight excluding hydrogens is 336 g/mol. The van der Waals surface area contributed by atoms with E-state index in [9.17, 15) is 0 Å². The minimum Gasteiger partial charge on any atom is -0.352 e. The van der Waals surface area contributed by atoms with Gasteiger partial charge in [-0.1, -0.05) is 30.3 Å². The molecule has 0 radical (unpaired) electrons. The highest BCUT2D eigenvalue weighted by molar-refractivity contribution is 5.58. The van der Waals surface area contributed by atoms with Crippen molar-refractivity contribution >= 4 is 18.6 Å². The zero-order chi connectivity index (χ0) is 19.2. The third-order valence-electron chi connectivity index (χ3n) is 4.08. The molecule has 1 aliphatic carbocycles. The Morgan fingerprint density at radius 3 is 2.44 bits per heavy atom. The van der Waals surface area contributed by atoms with Crippen LogP contribution in [0.2, 0.25) is 0 Å². The standard InChI is InChI=1S/C21H26N6/c1-14(2)23-20-25-19(17-8-6-5-7-9-17)26-21(27-20)24-15(3)10-13-18(22-4)16-11-12-16/h5-10,13-14,16H,4,11-12H2,1-3H3,(H2,23,24,25,26,27)/b15-10+,18-13-. The summed E-state index contributed by atoms with van der Waals surface area (Å²) in [6, 6.07) is 10.1. The van der Waals surface area contributed by atoms with Crippen molar-refractivity contribution in [3.05, 3.63) is 53.9 Å². The highest BCUT2D eigenvalue weighted by atomic mass is 15.2. The number of anilines is 2. The maximum atomic E-state index is 4.57. The van der Waals surface area contributed by atoms with E-state index >= 15 is 0 Å². The van der Waals surface area contributed by atoms with Crippen molar-refractivity contribution in [2.45, 2.75) is 39.7 Å². The fraction of sp³-hybridized carbons (Fsp3) is 0.333. The van der Waals surface area contributed by atoms with Crippen molar-refractivity contribution in [2.24, 2.45) is 10.9 Å². The van der Waals surface area contributed by atoms with Crippen molar-refractivity contribution in [1.29, 1.82) is 0 Å². The molecule has 2 aromatic rings. The molecule has 1 fully saturated rings. The summed E-state index contributed by atoms with van der Waals surface area (Å²) in [4.78, 5) is 17.7. The molecule has 0 saturated heterocycles. The maximum Gasteiger partial charge on any atom is 0.232 e. The molecule has 0 aliphatic heterocycles. The van der Waals surface area contributed by atoms with Crippen LogP contribution in [0.15, 0.2) is 58.9 Å². The molecule has 1 aromatic heterocycles. The normalized spacial score (nSPS) is 15.0. The van der Waals surface area contributed by atoms with E-state index in [0.29, 0.717) is 23.6 Å². The average Bonchev–Trinajstić information content (AvgIpc) is 3.47. The molecule has 6 heteroatoms. The van der Waals surface area contributed by atoms with E-state index in [2.05, 4.69) is 51.1 Å². The molecule has 0 amide bonds. The van der Waals surface area contributed by atoms with Gasteiger partial charge in [-0.25, -0.2) is 0 Å². The van der Waals surface area contributed by atoms with Gasteiger partial charge in [0.15, 0.2) is 5.82 Å². The molecule has 0 bridgehead atoms. The maximum absolute atomic E-state index is 4.57. The number of nitrogens with one attached hydrogen (secondary N) is 2. The Labute approximate surface area is 160 Å². The van der Waals surface area contributed by atoms with Gasteiger partial charge in [-0.05, 0) is 52.5 Å². The molecule has 1 aromatic carbocycles. The van der Waals surface area contributed by atoms with Crippen LogP contribution in [0.1, 0.15) is 33.6 Å². The van der Waals surface area contributed by atoms with Gasteiger partial charge in [-0.3, -0.25) is 4.99 Å². The largest absolute Gasteiger partial charge is 0.352 e. The predicted octanol–water partition coefficient (Wildman–Crippen LogP) is 4.67. The number of hydrogen-bond acceptors (Lipinski definition) is 6. The number of benzene rings is 1. The van der Waals surface area contributed by atoms with Gasteiger partial charge in [0, 0.05) is 28.9 Å². The van der Waals surface area contributed by atoms with Crippen LogP contribution in [-0.2, 0) is 0 Å². The van der Waals surface area contributed by atoms with Gasteiger partial charge < -0.3 is 10.6 Å². The van der Waals surface area contributed by atoms with Crippen molar-refractivity contribution in [3.63, 3.8) is 0 Å². The van der Waals surface area contributed by atoms with Crippen molar-refractivity contribution in [2.75, 3.05) is 10.6 Å². The monoisotopic (exact) mass is 362 g/mol. The molecule has 1 aliphatic rings. The zero-order valence-corrected chi connectivity index (χ0v) is 16.1. The van der Waals surface area contributed by atoms with Crippen molar-refractivity contribution < 1.29 is 0 Å². The molecule has 0 spiro atoms. The molecule has 0 atom stereocenters. The van der Waals surface area contributed by atoms with Gasteiger partial charge in [-0.15, -0.1) is 0 Å². The lowest BCUT2D eigenvalue weighted by Gasteiger charge is -2.12. The zero-order valence-electron chi connectivity index (χ0n) is 16.1. The number of allylic oxidation sites excluding steroid dienone is 4.